The Bertz CT molecular complexity index is 506. The van der Waals surface area contributed by atoms with Crippen molar-refractivity contribution in [2.24, 2.45) is 0 Å². The number of hydrogen-bond acceptors (Lipinski definition) is 3. The van der Waals surface area contributed by atoms with Crippen molar-refractivity contribution in [2.45, 2.75) is 33.7 Å². The van der Waals surface area contributed by atoms with E-state index in [1.165, 1.54) is 22.3 Å². The van der Waals surface area contributed by atoms with Gasteiger partial charge >= 0.3 is 5.97 Å². The number of nitrogens with zero attached hydrogens (tertiary/aromatic N) is 2. The maximum atomic E-state index is 10.6. The van der Waals surface area contributed by atoms with Crippen molar-refractivity contribution in [2.75, 3.05) is 32.7 Å². The highest BCUT2D eigenvalue weighted by molar-refractivity contribution is 5.66. The van der Waals surface area contributed by atoms with Gasteiger partial charge in [-0.15, -0.1) is 0 Å². The van der Waals surface area contributed by atoms with E-state index in [1.54, 1.807) is 0 Å². The predicted molar refractivity (Wildman–Crippen MR) is 84.6 cm³/mol. The molecule has 1 heterocycles. The molecule has 4 nitrogen and oxygen atoms in total. The number of carboxylic acids is 1. The van der Waals surface area contributed by atoms with Crippen LogP contribution in [0.4, 0.5) is 0 Å². The standard InChI is InChI=1S/C17H26N2O2/c1-13-10-15(3)16(11-14(13)2)12-19-8-6-18(7-9-19)5-4-17(20)21/h10-11H,4-9,12H2,1-3H3,(H,20,21). The van der Waals surface area contributed by atoms with Crippen LogP contribution in [0.1, 0.15) is 28.7 Å². The predicted octanol–water partition coefficient (Wildman–Crippen LogP) is 2.20. The van der Waals surface area contributed by atoms with Crippen LogP contribution in [0.2, 0.25) is 0 Å². The molecule has 1 fully saturated rings. The lowest BCUT2D eigenvalue weighted by molar-refractivity contribution is -0.137. The van der Waals surface area contributed by atoms with Crippen LogP contribution in [-0.4, -0.2) is 53.6 Å². The van der Waals surface area contributed by atoms with Gasteiger partial charge < -0.3 is 10.0 Å². The van der Waals surface area contributed by atoms with Crippen LogP contribution in [0, 0.1) is 20.8 Å². The summed E-state index contributed by atoms with van der Waals surface area (Å²) < 4.78 is 0. The van der Waals surface area contributed by atoms with Crippen LogP contribution in [0.15, 0.2) is 12.1 Å². The normalized spacial score (nSPS) is 17.1. The fourth-order valence-electron chi connectivity index (χ4n) is 2.86. The van der Waals surface area contributed by atoms with Gasteiger partial charge in [-0.2, -0.15) is 0 Å². The highest BCUT2D eigenvalue weighted by atomic mass is 16.4. The Morgan fingerprint density at radius 2 is 1.57 bits per heavy atom. The maximum absolute atomic E-state index is 10.6. The van der Waals surface area contributed by atoms with Crippen molar-refractivity contribution >= 4 is 5.97 Å². The average molecular weight is 290 g/mol. The van der Waals surface area contributed by atoms with E-state index in [9.17, 15) is 4.79 Å². The zero-order chi connectivity index (χ0) is 15.4. The van der Waals surface area contributed by atoms with E-state index in [0.29, 0.717) is 6.54 Å². The lowest BCUT2D eigenvalue weighted by atomic mass is 10.0. The van der Waals surface area contributed by atoms with Gasteiger partial charge in [0.05, 0.1) is 6.42 Å². The molecule has 0 unspecified atom stereocenters. The lowest BCUT2D eigenvalue weighted by Crippen LogP contribution is -2.46. The van der Waals surface area contributed by atoms with E-state index in [0.717, 1.165) is 32.7 Å². The second-order valence-electron chi connectivity index (χ2n) is 6.12. The van der Waals surface area contributed by atoms with Crippen LogP contribution in [-0.2, 0) is 11.3 Å². The van der Waals surface area contributed by atoms with Crippen LogP contribution >= 0.6 is 0 Å². The Kier molecular flexibility index (Phi) is 5.37. The third-order valence-corrected chi connectivity index (χ3v) is 4.45. The SMILES string of the molecule is Cc1cc(C)c(CN2CCN(CCC(=O)O)CC2)cc1C. The van der Waals surface area contributed by atoms with Crippen molar-refractivity contribution in [1.29, 1.82) is 0 Å². The van der Waals surface area contributed by atoms with E-state index in [4.69, 9.17) is 5.11 Å². The maximum Gasteiger partial charge on any atom is 0.304 e. The topological polar surface area (TPSA) is 43.8 Å². The minimum atomic E-state index is -0.705. The fraction of sp³-hybridized carbons (Fsp3) is 0.588. The minimum Gasteiger partial charge on any atom is -0.481 e. The summed E-state index contributed by atoms with van der Waals surface area (Å²) in [6.07, 6.45) is 0.246. The number of benzene rings is 1. The Hall–Kier alpha value is -1.39. The van der Waals surface area contributed by atoms with Gasteiger partial charge in [-0.1, -0.05) is 12.1 Å². The average Bonchev–Trinajstić information content (AvgIpc) is 2.44. The van der Waals surface area contributed by atoms with Crippen molar-refractivity contribution in [1.82, 2.24) is 9.80 Å². The molecule has 1 aromatic carbocycles. The number of rotatable bonds is 5. The van der Waals surface area contributed by atoms with Gasteiger partial charge in [0, 0.05) is 39.3 Å². The molecule has 1 aliphatic heterocycles. The van der Waals surface area contributed by atoms with Crippen LogP contribution in [0.25, 0.3) is 0 Å². The summed E-state index contributed by atoms with van der Waals surface area (Å²) in [5, 5.41) is 8.73. The molecule has 1 aromatic rings. The fourth-order valence-corrected chi connectivity index (χ4v) is 2.86. The molecule has 1 saturated heterocycles. The van der Waals surface area contributed by atoms with Crippen molar-refractivity contribution in [3.05, 3.63) is 34.4 Å². The molecule has 0 bridgehead atoms. The Morgan fingerprint density at radius 3 is 2.19 bits per heavy atom. The van der Waals surface area contributed by atoms with Crippen LogP contribution in [0.3, 0.4) is 0 Å². The molecule has 1 aliphatic rings. The molecule has 0 radical (unpaired) electrons. The Morgan fingerprint density at radius 1 is 1.00 bits per heavy atom. The van der Waals surface area contributed by atoms with Gasteiger partial charge in [-0.25, -0.2) is 0 Å². The second kappa shape index (κ2) is 7.05. The van der Waals surface area contributed by atoms with E-state index in [2.05, 4.69) is 42.7 Å². The number of aliphatic carboxylic acids is 1. The third-order valence-electron chi connectivity index (χ3n) is 4.45. The summed E-state index contributed by atoms with van der Waals surface area (Å²) in [5.41, 5.74) is 5.49. The molecule has 0 spiro atoms. The summed E-state index contributed by atoms with van der Waals surface area (Å²) in [6, 6.07) is 4.58. The highest BCUT2D eigenvalue weighted by Gasteiger charge is 2.18. The van der Waals surface area contributed by atoms with Gasteiger partial charge in [-0.05, 0) is 43.0 Å². The summed E-state index contributed by atoms with van der Waals surface area (Å²) in [7, 11) is 0. The van der Waals surface area contributed by atoms with Gasteiger partial charge in [0.1, 0.15) is 0 Å². The molecule has 0 atom stereocenters. The molecule has 0 amide bonds. The monoisotopic (exact) mass is 290 g/mol. The number of piperazine rings is 1. The van der Waals surface area contributed by atoms with E-state index in [-0.39, 0.29) is 6.42 Å². The third kappa shape index (κ3) is 4.55. The van der Waals surface area contributed by atoms with Gasteiger partial charge in [0.25, 0.3) is 0 Å². The molecule has 2 rings (SSSR count). The van der Waals surface area contributed by atoms with Gasteiger partial charge in [0.2, 0.25) is 0 Å². The first-order chi connectivity index (χ1) is 9.95. The first kappa shape index (κ1) is 16.0. The van der Waals surface area contributed by atoms with Crippen LogP contribution < -0.4 is 0 Å². The molecule has 0 aromatic heterocycles. The molecule has 116 valence electrons. The van der Waals surface area contributed by atoms with Crippen molar-refractivity contribution in [3.8, 4) is 0 Å². The molecule has 1 N–H and O–H groups in total. The van der Waals surface area contributed by atoms with Crippen LogP contribution in [0.5, 0.6) is 0 Å². The zero-order valence-electron chi connectivity index (χ0n) is 13.4. The smallest absolute Gasteiger partial charge is 0.304 e. The molecule has 0 aliphatic carbocycles. The first-order valence-corrected chi connectivity index (χ1v) is 7.69. The molecular weight excluding hydrogens is 264 g/mol. The number of hydrogen-bond donors (Lipinski definition) is 1. The summed E-state index contributed by atoms with van der Waals surface area (Å²) in [5.74, 6) is -0.705. The highest BCUT2D eigenvalue weighted by Crippen LogP contribution is 2.18. The molecular formula is C17H26N2O2. The van der Waals surface area contributed by atoms with Gasteiger partial charge in [-0.3, -0.25) is 9.69 Å². The van der Waals surface area contributed by atoms with E-state index < -0.39 is 5.97 Å². The number of aryl methyl sites for hydroxylation is 3. The Labute approximate surface area is 127 Å². The quantitative estimate of drug-likeness (QED) is 0.903. The van der Waals surface area contributed by atoms with Crippen molar-refractivity contribution < 1.29 is 9.90 Å². The van der Waals surface area contributed by atoms with E-state index in [1.807, 2.05) is 0 Å². The number of carbonyl (C=O) groups is 1. The largest absolute Gasteiger partial charge is 0.481 e. The molecule has 4 heteroatoms. The lowest BCUT2D eigenvalue weighted by Gasteiger charge is -2.34. The Balaban J connectivity index is 1.86. The summed E-state index contributed by atoms with van der Waals surface area (Å²) >= 11 is 0. The first-order valence-electron chi connectivity index (χ1n) is 7.69. The summed E-state index contributed by atoms with van der Waals surface area (Å²) in [4.78, 5) is 15.3. The van der Waals surface area contributed by atoms with Gasteiger partial charge in [0.15, 0.2) is 0 Å². The van der Waals surface area contributed by atoms with E-state index >= 15 is 0 Å². The zero-order valence-corrected chi connectivity index (χ0v) is 13.4. The molecule has 21 heavy (non-hydrogen) atoms. The second-order valence-corrected chi connectivity index (χ2v) is 6.12. The number of carboxylic acid groups (broad SMARTS) is 1. The summed E-state index contributed by atoms with van der Waals surface area (Å²) in [6.45, 7) is 12.2. The molecule has 0 saturated carbocycles. The van der Waals surface area contributed by atoms with Crippen molar-refractivity contribution in [3.63, 3.8) is 0 Å². The minimum absolute atomic E-state index is 0.246.